The van der Waals surface area contributed by atoms with Crippen LogP contribution in [0.3, 0.4) is 0 Å². The number of hydrogen-bond acceptors (Lipinski definition) is 1. The van der Waals surface area contributed by atoms with E-state index in [2.05, 4.69) is 15.9 Å². The quantitative estimate of drug-likeness (QED) is 0.586. The van der Waals surface area contributed by atoms with Gasteiger partial charge in [-0.3, -0.25) is 0 Å². The highest BCUT2D eigenvalue weighted by atomic mass is 79.9. The molecule has 0 aliphatic heterocycles. The summed E-state index contributed by atoms with van der Waals surface area (Å²) in [5.41, 5.74) is 0. The normalized spacial score (nSPS) is 10.3. The standard InChI is InChI=1S/C10H11BrClFO/c1-2-3-6-14-8-5-4-7(11)9(12)10(8)13/h4-5H,2-3,6H2,1H3. The lowest BCUT2D eigenvalue weighted by molar-refractivity contribution is 0.294. The van der Waals surface area contributed by atoms with E-state index in [4.69, 9.17) is 16.3 Å². The Kier molecular flexibility index (Phi) is 4.69. The summed E-state index contributed by atoms with van der Waals surface area (Å²) in [5.74, 6) is -0.288. The molecule has 0 aromatic heterocycles. The van der Waals surface area contributed by atoms with Crippen molar-refractivity contribution in [2.75, 3.05) is 6.61 Å². The summed E-state index contributed by atoms with van der Waals surface area (Å²) in [6.07, 6.45) is 1.93. The lowest BCUT2D eigenvalue weighted by Gasteiger charge is -2.07. The molecule has 0 radical (unpaired) electrons. The highest BCUT2D eigenvalue weighted by molar-refractivity contribution is 9.10. The highest BCUT2D eigenvalue weighted by Gasteiger charge is 2.10. The van der Waals surface area contributed by atoms with Crippen LogP contribution in [0.1, 0.15) is 19.8 Å². The third-order valence-corrected chi connectivity index (χ3v) is 3.01. The summed E-state index contributed by atoms with van der Waals surface area (Å²) in [4.78, 5) is 0. The zero-order valence-electron chi connectivity index (χ0n) is 7.82. The van der Waals surface area contributed by atoms with Crippen LogP contribution in [-0.2, 0) is 0 Å². The van der Waals surface area contributed by atoms with Gasteiger partial charge in [-0.25, -0.2) is 4.39 Å². The molecule has 0 aliphatic rings. The predicted octanol–water partition coefficient (Wildman–Crippen LogP) is 4.42. The molecule has 1 aromatic carbocycles. The zero-order chi connectivity index (χ0) is 10.6. The third-order valence-electron chi connectivity index (χ3n) is 1.76. The molecule has 0 unspecified atom stereocenters. The van der Waals surface area contributed by atoms with Gasteiger partial charge >= 0.3 is 0 Å². The molecular weight excluding hydrogens is 270 g/mol. The van der Waals surface area contributed by atoms with Crippen LogP contribution in [0.25, 0.3) is 0 Å². The number of hydrogen-bond donors (Lipinski definition) is 0. The minimum atomic E-state index is -0.503. The third kappa shape index (κ3) is 2.85. The SMILES string of the molecule is CCCCOc1ccc(Br)c(Cl)c1F. The molecule has 0 heterocycles. The first-order chi connectivity index (χ1) is 6.66. The minimum Gasteiger partial charge on any atom is -0.490 e. The largest absolute Gasteiger partial charge is 0.490 e. The fourth-order valence-corrected chi connectivity index (χ4v) is 1.41. The van der Waals surface area contributed by atoms with E-state index in [1.807, 2.05) is 6.92 Å². The fourth-order valence-electron chi connectivity index (χ4n) is 0.946. The van der Waals surface area contributed by atoms with Crippen molar-refractivity contribution >= 4 is 27.5 Å². The second-order valence-corrected chi connectivity index (χ2v) is 4.11. The molecule has 0 spiro atoms. The number of unbranched alkanes of at least 4 members (excludes halogenated alkanes) is 1. The Morgan fingerprint density at radius 1 is 1.50 bits per heavy atom. The van der Waals surface area contributed by atoms with Crippen molar-refractivity contribution in [1.29, 1.82) is 0 Å². The van der Waals surface area contributed by atoms with E-state index in [-0.39, 0.29) is 10.8 Å². The summed E-state index contributed by atoms with van der Waals surface area (Å²) in [6, 6.07) is 3.24. The van der Waals surface area contributed by atoms with Gasteiger partial charge in [0.2, 0.25) is 0 Å². The van der Waals surface area contributed by atoms with Crippen LogP contribution in [0.2, 0.25) is 5.02 Å². The van der Waals surface area contributed by atoms with Gasteiger partial charge in [-0.1, -0.05) is 24.9 Å². The second-order valence-electron chi connectivity index (χ2n) is 2.88. The number of rotatable bonds is 4. The summed E-state index contributed by atoms with van der Waals surface area (Å²) < 4.78 is 19.2. The molecule has 0 saturated carbocycles. The Balaban J connectivity index is 2.73. The molecule has 0 N–H and O–H groups in total. The zero-order valence-corrected chi connectivity index (χ0v) is 10.2. The predicted molar refractivity (Wildman–Crippen MR) is 59.5 cm³/mol. The summed E-state index contributed by atoms with van der Waals surface area (Å²) in [6.45, 7) is 2.57. The van der Waals surface area contributed by atoms with Gasteiger partial charge in [0.05, 0.1) is 11.6 Å². The van der Waals surface area contributed by atoms with E-state index in [0.29, 0.717) is 11.1 Å². The second kappa shape index (κ2) is 5.56. The highest BCUT2D eigenvalue weighted by Crippen LogP contribution is 2.31. The molecule has 1 nitrogen and oxygen atoms in total. The van der Waals surface area contributed by atoms with Gasteiger partial charge < -0.3 is 4.74 Å². The van der Waals surface area contributed by atoms with Gasteiger partial charge in [0.15, 0.2) is 11.6 Å². The monoisotopic (exact) mass is 280 g/mol. The maximum absolute atomic E-state index is 13.4. The summed E-state index contributed by atoms with van der Waals surface area (Å²) >= 11 is 8.83. The van der Waals surface area contributed by atoms with Gasteiger partial charge in [-0.05, 0) is 34.5 Å². The van der Waals surface area contributed by atoms with Crippen LogP contribution >= 0.6 is 27.5 Å². The molecule has 0 atom stereocenters. The number of ether oxygens (including phenoxy) is 1. The van der Waals surface area contributed by atoms with Crippen LogP contribution in [0, 0.1) is 5.82 Å². The lowest BCUT2D eigenvalue weighted by atomic mass is 10.3. The van der Waals surface area contributed by atoms with Crippen LogP contribution in [0.5, 0.6) is 5.75 Å². The Hall–Kier alpha value is -0.280. The minimum absolute atomic E-state index is 0.0685. The van der Waals surface area contributed by atoms with Crippen molar-refractivity contribution in [2.24, 2.45) is 0 Å². The molecule has 0 bridgehead atoms. The van der Waals surface area contributed by atoms with E-state index in [9.17, 15) is 4.39 Å². The Labute approximate surface area is 96.3 Å². The molecule has 0 saturated heterocycles. The van der Waals surface area contributed by atoms with Crippen molar-refractivity contribution in [1.82, 2.24) is 0 Å². The molecule has 0 fully saturated rings. The first-order valence-corrected chi connectivity index (χ1v) is 5.60. The maximum atomic E-state index is 13.4. The Bertz CT molecular complexity index is 317. The van der Waals surface area contributed by atoms with Gasteiger partial charge in [-0.2, -0.15) is 0 Å². The van der Waals surface area contributed by atoms with E-state index >= 15 is 0 Å². The van der Waals surface area contributed by atoms with Gasteiger partial charge in [-0.15, -0.1) is 0 Å². The van der Waals surface area contributed by atoms with Gasteiger partial charge in [0.1, 0.15) is 0 Å². The van der Waals surface area contributed by atoms with Crippen LogP contribution in [0.15, 0.2) is 16.6 Å². The molecular formula is C10H11BrClFO. The van der Waals surface area contributed by atoms with Crippen molar-refractivity contribution in [3.8, 4) is 5.75 Å². The average molecular weight is 282 g/mol. The summed E-state index contributed by atoms with van der Waals surface area (Å²) in [5, 5.41) is 0.0685. The smallest absolute Gasteiger partial charge is 0.184 e. The maximum Gasteiger partial charge on any atom is 0.184 e. The topological polar surface area (TPSA) is 9.23 Å². The average Bonchev–Trinajstić information content (AvgIpc) is 2.18. The van der Waals surface area contributed by atoms with Gasteiger partial charge in [0, 0.05) is 4.47 Å². The van der Waals surface area contributed by atoms with E-state index < -0.39 is 5.82 Å². The fraction of sp³-hybridized carbons (Fsp3) is 0.400. The lowest BCUT2D eigenvalue weighted by Crippen LogP contribution is -1.98. The molecule has 78 valence electrons. The van der Waals surface area contributed by atoms with Crippen molar-refractivity contribution < 1.29 is 9.13 Å². The molecule has 4 heteroatoms. The molecule has 14 heavy (non-hydrogen) atoms. The Morgan fingerprint density at radius 3 is 2.86 bits per heavy atom. The van der Waals surface area contributed by atoms with E-state index in [0.717, 1.165) is 12.8 Å². The molecule has 1 aromatic rings. The first kappa shape index (κ1) is 11.8. The number of benzene rings is 1. The van der Waals surface area contributed by atoms with Crippen molar-refractivity contribution in [3.05, 3.63) is 27.4 Å². The van der Waals surface area contributed by atoms with Crippen LogP contribution < -0.4 is 4.74 Å². The van der Waals surface area contributed by atoms with Crippen LogP contribution in [-0.4, -0.2) is 6.61 Å². The molecule has 0 aliphatic carbocycles. The van der Waals surface area contributed by atoms with Gasteiger partial charge in [0.25, 0.3) is 0 Å². The Morgan fingerprint density at radius 2 is 2.21 bits per heavy atom. The van der Waals surface area contributed by atoms with Crippen LogP contribution in [0.4, 0.5) is 4.39 Å². The summed E-state index contributed by atoms with van der Waals surface area (Å²) in [7, 11) is 0. The van der Waals surface area contributed by atoms with E-state index in [1.54, 1.807) is 12.1 Å². The number of halogens is 3. The van der Waals surface area contributed by atoms with E-state index in [1.165, 1.54) is 0 Å². The van der Waals surface area contributed by atoms with Crippen molar-refractivity contribution in [3.63, 3.8) is 0 Å². The molecule has 0 amide bonds. The van der Waals surface area contributed by atoms with Crippen molar-refractivity contribution in [2.45, 2.75) is 19.8 Å². The first-order valence-electron chi connectivity index (χ1n) is 4.43. The molecule has 1 rings (SSSR count).